The van der Waals surface area contributed by atoms with E-state index in [1.165, 1.54) is 0 Å². The summed E-state index contributed by atoms with van der Waals surface area (Å²) in [7, 11) is 0. The number of alkyl halides is 1. The van der Waals surface area contributed by atoms with Gasteiger partial charge in [-0.3, -0.25) is 4.79 Å². The van der Waals surface area contributed by atoms with E-state index in [1.807, 2.05) is 6.92 Å². The smallest absolute Gasteiger partial charge is 0.240 e. The van der Waals surface area contributed by atoms with Crippen molar-refractivity contribution in [2.75, 3.05) is 0 Å². The number of primary amides is 1. The van der Waals surface area contributed by atoms with Crippen LogP contribution in [0.15, 0.2) is 12.7 Å². The lowest BCUT2D eigenvalue weighted by molar-refractivity contribution is -0.113. The predicted octanol–water partition coefficient (Wildman–Crippen LogP) is 0.578. The molecule has 0 fully saturated rings. The van der Waals surface area contributed by atoms with Crippen molar-refractivity contribution in [3.8, 4) is 0 Å². The quantitative estimate of drug-likeness (QED) is 0.356. The standard InChI is InChI=1S/C3H8ClN.C3H5NO/c2*1-2-3(4)5/h3H,2,5H2,1H3;2H,1H2,(H2,4,5). The zero-order valence-corrected chi connectivity index (χ0v) is 6.77. The van der Waals surface area contributed by atoms with Gasteiger partial charge in [0.25, 0.3) is 0 Å². The number of amides is 1. The SMILES string of the molecule is C=CC(N)=O.CCC(N)Cl. The molecule has 4 N–H and O–H groups in total. The lowest BCUT2D eigenvalue weighted by Gasteiger charge is -1.88. The third kappa shape index (κ3) is 26.0. The zero-order valence-electron chi connectivity index (χ0n) is 6.01. The minimum atomic E-state index is -0.481. The van der Waals surface area contributed by atoms with Crippen LogP contribution in [0.3, 0.4) is 0 Å². The second-order valence-corrected chi connectivity index (χ2v) is 2.09. The van der Waals surface area contributed by atoms with Crippen molar-refractivity contribution in [3.05, 3.63) is 12.7 Å². The largest absolute Gasteiger partial charge is 0.366 e. The topological polar surface area (TPSA) is 69.1 Å². The van der Waals surface area contributed by atoms with Crippen molar-refractivity contribution < 1.29 is 4.79 Å². The number of halogens is 1. The first-order valence-corrected chi connectivity index (χ1v) is 3.29. The molecule has 0 aliphatic carbocycles. The molecule has 3 nitrogen and oxygen atoms in total. The molecule has 0 heterocycles. The molecule has 0 rings (SSSR count). The Bertz CT molecular complexity index is 104. The second kappa shape index (κ2) is 8.46. The summed E-state index contributed by atoms with van der Waals surface area (Å²) >= 11 is 5.24. The summed E-state index contributed by atoms with van der Waals surface area (Å²) in [4.78, 5) is 9.47. The summed E-state index contributed by atoms with van der Waals surface area (Å²) in [5.74, 6) is -0.481. The normalized spacial score (nSPS) is 10.7. The van der Waals surface area contributed by atoms with Crippen LogP contribution in [0.25, 0.3) is 0 Å². The monoisotopic (exact) mass is 164 g/mol. The molecular formula is C6H13ClN2O. The summed E-state index contributed by atoms with van der Waals surface area (Å²) < 4.78 is 0. The molecule has 1 atom stereocenters. The number of hydrogen-bond donors (Lipinski definition) is 2. The van der Waals surface area contributed by atoms with E-state index in [-0.39, 0.29) is 5.50 Å². The van der Waals surface area contributed by atoms with E-state index in [4.69, 9.17) is 17.3 Å². The van der Waals surface area contributed by atoms with Crippen LogP contribution in [0.2, 0.25) is 0 Å². The molecule has 60 valence electrons. The van der Waals surface area contributed by atoms with Gasteiger partial charge in [-0.05, 0) is 12.5 Å². The fourth-order valence-corrected chi connectivity index (χ4v) is 0. The minimum absolute atomic E-state index is 0.144. The van der Waals surface area contributed by atoms with Crippen LogP contribution in [-0.4, -0.2) is 11.4 Å². The molecule has 10 heavy (non-hydrogen) atoms. The molecule has 0 aromatic carbocycles. The van der Waals surface area contributed by atoms with Crippen molar-refractivity contribution in [2.45, 2.75) is 18.8 Å². The van der Waals surface area contributed by atoms with Gasteiger partial charge < -0.3 is 11.5 Å². The molecule has 1 amide bonds. The number of nitrogens with two attached hydrogens (primary N) is 2. The molecule has 0 saturated heterocycles. The van der Waals surface area contributed by atoms with E-state index >= 15 is 0 Å². The molecule has 0 aromatic rings. The van der Waals surface area contributed by atoms with Crippen LogP contribution >= 0.6 is 11.6 Å². The van der Waals surface area contributed by atoms with Crippen molar-refractivity contribution in [1.82, 2.24) is 0 Å². The Morgan fingerprint density at radius 3 is 2.10 bits per heavy atom. The van der Waals surface area contributed by atoms with Gasteiger partial charge in [-0.2, -0.15) is 0 Å². The molecule has 0 radical (unpaired) electrons. The van der Waals surface area contributed by atoms with Gasteiger partial charge in [0.2, 0.25) is 5.91 Å². The number of carbonyl (C=O) groups excluding carboxylic acids is 1. The minimum Gasteiger partial charge on any atom is -0.366 e. The molecule has 0 spiro atoms. The molecule has 0 aliphatic heterocycles. The predicted molar refractivity (Wildman–Crippen MR) is 43.5 cm³/mol. The van der Waals surface area contributed by atoms with Crippen molar-refractivity contribution >= 4 is 17.5 Å². The van der Waals surface area contributed by atoms with Crippen LogP contribution < -0.4 is 11.5 Å². The van der Waals surface area contributed by atoms with Crippen molar-refractivity contribution in [2.24, 2.45) is 11.5 Å². The molecular weight excluding hydrogens is 152 g/mol. The molecule has 1 unspecified atom stereocenters. The third-order valence-electron chi connectivity index (χ3n) is 0.591. The van der Waals surface area contributed by atoms with Gasteiger partial charge >= 0.3 is 0 Å². The van der Waals surface area contributed by atoms with Crippen LogP contribution in [-0.2, 0) is 4.79 Å². The first kappa shape index (κ1) is 12.2. The Kier molecular flexibility index (Phi) is 10.3. The van der Waals surface area contributed by atoms with Gasteiger partial charge in [-0.25, -0.2) is 0 Å². The molecule has 0 aliphatic rings. The Morgan fingerprint density at radius 1 is 1.90 bits per heavy atom. The number of rotatable bonds is 2. The van der Waals surface area contributed by atoms with Crippen LogP contribution in [0, 0.1) is 0 Å². The van der Waals surface area contributed by atoms with E-state index < -0.39 is 5.91 Å². The van der Waals surface area contributed by atoms with Gasteiger partial charge in [0.15, 0.2) is 0 Å². The maximum absolute atomic E-state index is 9.47. The third-order valence-corrected chi connectivity index (χ3v) is 0.900. The fourth-order valence-electron chi connectivity index (χ4n) is 0. The first-order chi connectivity index (χ1) is 4.54. The van der Waals surface area contributed by atoms with Crippen LogP contribution in [0.5, 0.6) is 0 Å². The second-order valence-electron chi connectivity index (χ2n) is 1.53. The van der Waals surface area contributed by atoms with Gasteiger partial charge in [-0.1, -0.05) is 13.5 Å². The van der Waals surface area contributed by atoms with E-state index in [0.29, 0.717) is 0 Å². The highest BCUT2D eigenvalue weighted by atomic mass is 35.5. The van der Waals surface area contributed by atoms with E-state index in [2.05, 4.69) is 12.3 Å². The Hall–Kier alpha value is -0.540. The Balaban J connectivity index is 0. The van der Waals surface area contributed by atoms with Crippen molar-refractivity contribution in [3.63, 3.8) is 0 Å². The van der Waals surface area contributed by atoms with Gasteiger partial charge in [-0.15, -0.1) is 11.6 Å². The van der Waals surface area contributed by atoms with Crippen LogP contribution in [0.1, 0.15) is 13.3 Å². The van der Waals surface area contributed by atoms with Gasteiger partial charge in [0, 0.05) is 0 Å². The van der Waals surface area contributed by atoms with Crippen molar-refractivity contribution in [1.29, 1.82) is 0 Å². The van der Waals surface area contributed by atoms with E-state index in [9.17, 15) is 4.79 Å². The summed E-state index contributed by atoms with van der Waals surface area (Å²) in [5.41, 5.74) is 9.45. The zero-order chi connectivity index (χ0) is 8.57. The van der Waals surface area contributed by atoms with Gasteiger partial charge in [0.05, 0.1) is 5.50 Å². The summed E-state index contributed by atoms with van der Waals surface area (Å²) in [6, 6.07) is 0. The highest BCUT2D eigenvalue weighted by Crippen LogP contribution is 1.87. The maximum atomic E-state index is 9.47. The average molecular weight is 165 g/mol. The maximum Gasteiger partial charge on any atom is 0.240 e. The summed E-state index contributed by atoms with van der Waals surface area (Å²) in [6.07, 6.45) is 1.90. The fraction of sp³-hybridized carbons (Fsp3) is 0.500. The lowest BCUT2D eigenvalue weighted by Crippen LogP contribution is -2.08. The first-order valence-electron chi connectivity index (χ1n) is 2.86. The number of carbonyl (C=O) groups is 1. The van der Waals surface area contributed by atoms with Crippen LogP contribution in [0.4, 0.5) is 0 Å². The van der Waals surface area contributed by atoms with E-state index in [0.717, 1.165) is 12.5 Å². The highest BCUT2D eigenvalue weighted by Gasteiger charge is 1.83. The molecule has 4 heteroatoms. The molecule has 0 aromatic heterocycles. The van der Waals surface area contributed by atoms with Gasteiger partial charge in [0.1, 0.15) is 0 Å². The Morgan fingerprint density at radius 2 is 2.10 bits per heavy atom. The molecule has 0 bridgehead atoms. The Labute approximate surface area is 66.0 Å². The summed E-state index contributed by atoms with van der Waals surface area (Å²) in [6.45, 7) is 5.03. The molecule has 0 saturated carbocycles. The average Bonchev–Trinajstić information content (AvgIpc) is 1.89. The number of hydrogen-bond acceptors (Lipinski definition) is 2. The lowest BCUT2D eigenvalue weighted by atomic mass is 10.5. The highest BCUT2D eigenvalue weighted by molar-refractivity contribution is 6.20. The summed E-state index contributed by atoms with van der Waals surface area (Å²) in [5, 5.41) is 0. The van der Waals surface area contributed by atoms with E-state index in [1.54, 1.807) is 0 Å².